The highest BCUT2D eigenvalue weighted by Gasteiger charge is 2.27. The smallest absolute Gasteiger partial charge is 0.462 e. The van der Waals surface area contributed by atoms with Gasteiger partial charge in [-0.1, -0.05) is 200 Å². The number of rotatable bonds is 42. The van der Waals surface area contributed by atoms with Gasteiger partial charge in [0, 0.05) is 22.5 Å². The van der Waals surface area contributed by atoms with Gasteiger partial charge in [0.15, 0.2) is 6.10 Å². The summed E-state index contributed by atoms with van der Waals surface area (Å²) in [6, 6.07) is 0. The van der Waals surface area contributed by atoms with E-state index in [9.17, 15) is 19.0 Å². The van der Waals surface area contributed by atoms with Gasteiger partial charge in [-0.3, -0.25) is 18.6 Å². The number of nitrogens with zero attached hydrogens (tertiary/aromatic N) is 1. The second kappa shape index (κ2) is 37.9. The number of esters is 2. The zero-order valence-corrected chi connectivity index (χ0v) is 40.8. The molecule has 56 heavy (non-hydrogen) atoms. The summed E-state index contributed by atoms with van der Waals surface area (Å²) in [4.78, 5) is 36.5. The van der Waals surface area contributed by atoms with Crippen molar-refractivity contribution < 1.29 is 42.1 Å². The first-order chi connectivity index (χ1) is 26.8. The summed E-state index contributed by atoms with van der Waals surface area (Å²) in [6.45, 7) is 4.41. The Morgan fingerprint density at radius 1 is 0.554 bits per heavy atom. The number of phosphoric acid groups is 1. The van der Waals surface area contributed by atoms with Crippen molar-refractivity contribution in [3.8, 4) is 0 Å². The van der Waals surface area contributed by atoms with E-state index < -0.39 is 26.5 Å². The van der Waals surface area contributed by atoms with E-state index in [1.165, 1.54) is 122 Å². The zero-order chi connectivity index (χ0) is 41.8. The fourth-order valence-corrected chi connectivity index (χ4v) is 8.44. The SMILES string of the molecule is CCCCCCCCCCCCCCCCCC(=O)OCC(COP(=O)(O)OCC[N+](C)(C)C)OC(=O)CCCCCCCC(Br)C(Br)CCCCCCCC. The molecule has 0 bridgehead atoms. The number of phosphoric ester groups is 1. The minimum atomic E-state index is -4.38. The van der Waals surface area contributed by atoms with Crippen molar-refractivity contribution in [3.63, 3.8) is 0 Å². The van der Waals surface area contributed by atoms with E-state index in [-0.39, 0.29) is 32.0 Å². The van der Waals surface area contributed by atoms with Crippen molar-refractivity contribution in [1.82, 2.24) is 0 Å². The molecule has 334 valence electrons. The number of alkyl halides is 2. The highest BCUT2D eigenvalue weighted by molar-refractivity contribution is 9.12. The van der Waals surface area contributed by atoms with Crippen LogP contribution in [0.3, 0.4) is 0 Å². The molecule has 0 spiro atoms. The average Bonchev–Trinajstić information content (AvgIpc) is 3.14. The van der Waals surface area contributed by atoms with Gasteiger partial charge in [-0.05, 0) is 25.7 Å². The number of carbonyl (C=O) groups excluding carboxylic acids is 2. The molecule has 0 radical (unpaired) electrons. The first-order valence-electron chi connectivity index (χ1n) is 22.8. The maximum atomic E-state index is 12.8. The van der Waals surface area contributed by atoms with Crippen LogP contribution in [-0.4, -0.2) is 84.6 Å². The van der Waals surface area contributed by atoms with Crippen LogP contribution in [0.2, 0.25) is 0 Å². The normalized spacial score (nSPS) is 14.6. The van der Waals surface area contributed by atoms with Gasteiger partial charge in [-0.25, -0.2) is 4.57 Å². The molecular weight excluding hydrogens is 861 g/mol. The van der Waals surface area contributed by atoms with Crippen LogP contribution >= 0.6 is 39.7 Å². The highest BCUT2D eigenvalue weighted by Crippen LogP contribution is 2.43. The summed E-state index contributed by atoms with van der Waals surface area (Å²) in [5.74, 6) is -0.806. The Morgan fingerprint density at radius 3 is 1.34 bits per heavy atom. The monoisotopic (exact) mass is 946 g/mol. The minimum absolute atomic E-state index is 0.0299. The summed E-state index contributed by atoms with van der Waals surface area (Å²) in [6.07, 6.45) is 33.4. The Balaban J connectivity index is 4.42. The lowest BCUT2D eigenvalue weighted by Crippen LogP contribution is -2.37. The van der Waals surface area contributed by atoms with Crippen LogP contribution in [0.1, 0.15) is 206 Å². The maximum Gasteiger partial charge on any atom is 0.472 e. The molecule has 0 aliphatic rings. The molecule has 4 atom stereocenters. The zero-order valence-electron chi connectivity index (χ0n) is 36.7. The van der Waals surface area contributed by atoms with Crippen LogP contribution in [0.25, 0.3) is 0 Å². The van der Waals surface area contributed by atoms with Gasteiger partial charge < -0.3 is 18.9 Å². The lowest BCUT2D eigenvalue weighted by atomic mass is 10.0. The quantitative estimate of drug-likeness (QED) is 0.0212. The second-order valence-electron chi connectivity index (χ2n) is 17.0. The lowest BCUT2D eigenvalue weighted by Gasteiger charge is -2.24. The van der Waals surface area contributed by atoms with Crippen molar-refractivity contribution in [3.05, 3.63) is 0 Å². The number of hydrogen-bond acceptors (Lipinski definition) is 7. The summed E-state index contributed by atoms with van der Waals surface area (Å²) in [5, 5.41) is 0. The van der Waals surface area contributed by atoms with E-state index in [2.05, 4.69) is 45.7 Å². The summed E-state index contributed by atoms with van der Waals surface area (Å²) in [5.41, 5.74) is 0. The number of quaternary nitrogens is 1. The standard InChI is InChI=1S/C44H86Br2NO8P/c1-6-8-10-12-14-15-16-17-18-19-20-21-22-26-30-34-43(48)52-38-40(39-54-56(50,51)53-37-36-47(3,4)5)55-44(49)35-31-27-23-25-29-33-42(46)41(45)32-28-24-13-11-9-7-2/h40-42H,6-39H2,1-5H3/p+1. The lowest BCUT2D eigenvalue weighted by molar-refractivity contribution is -0.870. The van der Waals surface area contributed by atoms with Crippen LogP contribution in [0.4, 0.5) is 0 Å². The molecule has 0 amide bonds. The van der Waals surface area contributed by atoms with Gasteiger partial charge in [-0.2, -0.15) is 0 Å². The number of carbonyl (C=O) groups is 2. The van der Waals surface area contributed by atoms with Gasteiger partial charge in [0.05, 0.1) is 27.7 Å². The second-order valence-corrected chi connectivity index (χ2v) is 20.8. The summed E-state index contributed by atoms with van der Waals surface area (Å²) in [7, 11) is 1.47. The van der Waals surface area contributed by atoms with E-state index in [4.69, 9.17) is 18.5 Å². The molecular formula is C44H87Br2NO8P+. The molecule has 0 saturated carbocycles. The molecule has 0 saturated heterocycles. The summed E-state index contributed by atoms with van der Waals surface area (Å²) < 4.78 is 34.4. The first-order valence-corrected chi connectivity index (χ1v) is 26.2. The van der Waals surface area contributed by atoms with E-state index in [1.54, 1.807) is 0 Å². The number of ether oxygens (including phenoxy) is 2. The number of hydrogen-bond donors (Lipinski definition) is 1. The van der Waals surface area contributed by atoms with Gasteiger partial charge >= 0.3 is 19.8 Å². The van der Waals surface area contributed by atoms with Crippen LogP contribution in [0.5, 0.6) is 0 Å². The van der Waals surface area contributed by atoms with Gasteiger partial charge in [-0.15, -0.1) is 0 Å². The average molecular weight is 949 g/mol. The van der Waals surface area contributed by atoms with E-state index in [0.29, 0.717) is 27.1 Å². The Hall–Kier alpha value is -0.0300. The third-order valence-electron chi connectivity index (χ3n) is 10.2. The van der Waals surface area contributed by atoms with Crippen LogP contribution in [0.15, 0.2) is 0 Å². The Morgan fingerprint density at radius 2 is 0.929 bits per heavy atom. The molecule has 0 heterocycles. The van der Waals surface area contributed by atoms with Crippen molar-refractivity contribution in [2.75, 3.05) is 47.5 Å². The predicted molar refractivity (Wildman–Crippen MR) is 241 cm³/mol. The van der Waals surface area contributed by atoms with Crippen LogP contribution in [0, 0.1) is 0 Å². The van der Waals surface area contributed by atoms with Crippen molar-refractivity contribution in [2.24, 2.45) is 0 Å². The molecule has 0 aliphatic carbocycles. The highest BCUT2D eigenvalue weighted by atomic mass is 79.9. The number of halogens is 2. The molecule has 9 nitrogen and oxygen atoms in total. The topological polar surface area (TPSA) is 108 Å². The molecule has 0 aliphatic heterocycles. The number of unbranched alkanes of at least 4 members (excludes halogenated alkanes) is 23. The summed E-state index contributed by atoms with van der Waals surface area (Å²) >= 11 is 7.75. The third kappa shape index (κ3) is 39.4. The molecule has 1 N–H and O–H groups in total. The molecule has 12 heteroatoms. The van der Waals surface area contributed by atoms with Crippen molar-refractivity contribution in [1.29, 1.82) is 0 Å². The molecule has 0 fully saturated rings. The number of likely N-dealkylation sites (N-methyl/N-ethyl adjacent to an activating group) is 1. The fourth-order valence-electron chi connectivity index (χ4n) is 6.52. The first kappa shape index (κ1) is 56.0. The minimum Gasteiger partial charge on any atom is -0.462 e. The molecule has 0 rings (SSSR count). The fraction of sp³-hybridized carbons (Fsp3) is 0.955. The van der Waals surface area contributed by atoms with E-state index in [1.807, 2.05) is 21.1 Å². The predicted octanol–water partition coefficient (Wildman–Crippen LogP) is 13.6. The molecule has 4 unspecified atom stereocenters. The van der Waals surface area contributed by atoms with Crippen LogP contribution < -0.4 is 0 Å². The van der Waals surface area contributed by atoms with Crippen LogP contribution in [-0.2, 0) is 32.7 Å². The third-order valence-corrected chi connectivity index (χ3v) is 14.1. The van der Waals surface area contributed by atoms with Crippen molar-refractivity contribution in [2.45, 2.75) is 222 Å². The maximum absolute atomic E-state index is 12.8. The Kier molecular flexibility index (Phi) is 37.9. The molecule has 0 aromatic rings. The van der Waals surface area contributed by atoms with E-state index in [0.717, 1.165) is 51.4 Å². The van der Waals surface area contributed by atoms with Gasteiger partial charge in [0.1, 0.15) is 19.8 Å². The van der Waals surface area contributed by atoms with E-state index >= 15 is 0 Å². The molecule has 0 aromatic heterocycles. The Labute approximate surface area is 361 Å². The largest absolute Gasteiger partial charge is 0.472 e. The Bertz CT molecular complexity index is 970. The van der Waals surface area contributed by atoms with Gasteiger partial charge in [0.2, 0.25) is 0 Å². The van der Waals surface area contributed by atoms with Gasteiger partial charge in [0.25, 0.3) is 0 Å². The van der Waals surface area contributed by atoms with Crippen molar-refractivity contribution >= 4 is 51.6 Å². The molecule has 0 aromatic carbocycles.